The molecule has 0 aromatic heterocycles. The van der Waals surface area contributed by atoms with Crippen molar-refractivity contribution in [1.29, 1.82) is 0 Å². The number of hydrogen-bond donors (Lipinski definition) is 0. The Kier molecular flexibility index (Phi) is 2.51. The second-order valence-corrected chi connectivity index (χ2v) is 4.83. The molecule has 0 N–H and O–H groups in total. The molecule has 2 aromatic carbocycles. The van der Waals surface area contributed by atoms with Crippen LogP contribution in [0.15, 0.2) is 42.0 Å². The lowest BCUT2D eigenvalue weighted by Crippen LogP contribution is -2.06. The van der Waals surface area contributed by atoms with E-state index in [9.17, 15) is 0 Å². The summed E-state index contributed by atoms with van der Waals surface area (Å²) in [5.41, 5.74) is 4.51. The molecule has 1 unspecified atom stereocenters. The van der Waals surface area contributed by atoms with Crippen molar-refractivity contribution < 1.29 is 0 Å². The average Bonchev–Trinajstić information content (AvgIpc) is 2.39. The topological polar surface area (TPSA) is 0 Å². The van der Waals surface area contributed by atoms with E-state index in [-0.39, 0.29) is 0 Å². The molecule has 3 rings (SSSR count). The first-order valence-corrected chi connectivity index (χ1v) is 6.57. The Morgan fingerprint density at radius 2 is 1.76 bits per heavy atom. The molecular weight excluding hydrogens is 204 g/mol. The maximum atomic E-state index is 2.41. The molecule has 1 aliphatic carbocycles. The zero-order valence-electron chi connectivity index (χ0n) is 10.5. The number of benzene rings is 2. The van der Waals surface area contributed by atoms with Crippen LogP contribution in [0.2, 0.25) is 0 Å². The minimum Gasteiger partial charge on any atom is -0.0645 e. The fraction of sp³-hybridized carbons (Fsp3) is 0.294. The standard InChI is InChI=1S/C17H18/c1-3-12-11-14-9-5-7-13-8-6-10-16(17(13)14)15(12)4-2/h5-11,15H,3-4H2,1-2H3. The van der Waals surface area contributed by atoms with Crippen molar-refractivity contribution in [3.63, 3.8) is 0 Å². The first kappa shape index (κ1) is 10.6. The van der Waals surface area contributed by atoms with Crippen LogP contribution >= 0.6 is 0 Å². The lowest BCUT2D eigenvalue weighted by atomic mass is 9.79. The van der Waals surface area contributed by atoms with E-state index in [0.29, 0.717) is 5.92 Å². The van der Waals surface area contributed by atoms with Gasteiger partial charge >= 0.3 is 0 Å². The molecule has 2 aromatic rings. The normalized spacial score (nSPS) is 18.2. The molecule has 0 fully saturated rings. The van der Waals surface area contributed by atoms with Gasteiger partial charge in [0.1, 0.15) is 0 Å². The summed E-state index contributed by atoms with van der Waals surface area (Å²) in [6.45, 7) is 4.56. The molecule has 86 valence electrons. The molecule has 0 spiro atoms. The molecule has 0 radical (unpaired) electrons. The van der Waals surface area contributed by atoms with Crippen LogP contribution in [0.5, 0.6) is 0 Å². The molecule has 17 heavy (non-hydrogen) atoms. The SMILES string of the molecule is CCC1=Cc2cccc3cccc(c23)C1CC. The third-order valence-corrected chi connectivity index (χ3v) is 3.95. The Morgan fingerprint density at radius 3 is 2.47 bits per heavy atom. The maximum Gasteiger partial charge on any atom is 0.00551 e. The molecule has 0 heteroatoms. The lowest BCUT2D eigenvalue weighted by molar-refractivity contribution is 0.738. The van der Waals surface area contributed by atoms with Gasteiger partial charge in [-0.2, -0.15) is 0 Å². The fourth-order valence-electron chi connectivity index (χ4n) is 3.14. The molecule has 0 amide bonds. The van der Waals surface area contributed by atoms with Gasteiger partial charge < -0.3 is 0 Å². The second kappa shape index (κ2) is 4.03. The van der Waals surface area contributed by atoms with Gasteiger partial charge in [0.2, 0.25) is 0 Å². The van der Waals surface area contributed by atoms with E-state index in [0.717, 1.165) is 6.42 Å². The van der Waals surface area contributed by atoms with Gasteiger partial charge in [-0.15, -0.1) is 0 Å². The summed E-state index contributed by atoms with van der Waals surface area (Å²) in [5, 5.41) is 2.85. The summed E-state index contributed by atoms with van der Waals surface area (Å²) in [5.74, 6) is 0.624. The summed E-state index contributed by atoms with van der Waals surface area (Å²) in [4.78, 5) is 0. The smallest absolute Gasteiger partial charge is 0.00551 e. The summed E-state index contributed by atoms with van der Waals surface area (Å²) in [6.07, 6.45) is 4.76. The van der Waals surface area contributed by atoms with Gasteiger partial charge in [0.15, 0.2) is 0 Å². The van der Waals surface area contributed by atoms with Crippen LogP contribution in [-0.2, 0) is 0 Å². The summed E-state index contributed by atoms with van der Waals surface area (Å²) < 4.78 is 0. The maximum absolute atomic E-state index is 2.41. The largest absolute Gasteiger partial charge is 0.0645 e. The van der Waals surface area contributed by atoms with Crippen LogP contribution in [-0.4, -0.2) is 0 Å². The predicted molar refractivity (Wildman–Crippen MR) is 75.2 cm³/mol. The molecule has 0 heterocycles. The van der Waals surface area contributed by atoms with E-state index in [1.165, 1.54) is 28.3 Å². The van der Waals surface area contributed by atoms with Gasteiger partial charge in [-0.1, -0.05) is 61.9 Å². The van der Waals surface area contributed by atoms with E-state index in [2.05, 4.69) is 56.3 Å². The van der Waals surface area contributed by atoms with Crippen molar-refractivity contribution in [2.24, 2.45) is 0 Å². The molecule has 0 nitrogen and oxygen atoms in total. The highest BCUT2D eigenvalue weighted by molar-refractivity contribution is 5.96. The van der Waals surface area contributed by atoms with Crippen LogP contribution in [0.1, 0.15) is 43.7 Å². The van der Waals surface area contributed by atoms with Crippen LogP contribution in [0.25, 0.3) is 16.8 Å². The van der Waals surface area contributed by atoms with Gasteiger partial charge in [0.05, 0.1) is 0 Å². The Bertz CT molecular complexity index is 585. The van der Waals surface area contributed by atoms with Crippen LogP contribution in [0.3, 0.4) is 0 Å². The Morgan fingerprint density at radius 1 is 1.00 bits per heavy atom. The quantitative estimate of drug-likeness (QED) is 0.660. The monoisotopic (exact) mass is 222 g/mol. The third kappa shape index (κ3) is 1.51. The van der Waals surface area contributed by atoms with E-state index in [1.807, 2.05) is 0 Å². The van der Waals surface area contributed by atoms with Crippen molar-refractivity contribution in [3.05, 3.63) is 53.1 Å². The number of rotatable bonds is 2. The van der Waals surface area contributed by atoms with Crippen LogP contribution in [0.4, 0.5) is 0 Å². The molecule has 0 saturated heterocycles. The minimum atomic E-state index is 0.624. The first-order chi connectivity index (χ1) is 8.35. The van der Waals surface area contributed by atoms with Crippen LogP contribution in [0, 0.1) is 0 Å². The molecule has 0 bridgehead atoms. The Hall–Kier alpha value is -1.56. The highest BCUT2D eigenvalue weighted by Gasteiger charge is 2.21. The summed E-state index contributed by atoms with van der Waals surface area (Å²) in [6, 6.07) is 13.4. The summed E-state index contributed by atoms with van der Waals surface area (Å²) in [7, 11) is 0. The molecule has 1 aliphatic rings. The third-order valence-electron chi connectivity index (χ3n) is 3.95. The fourth-order valence-corrected chi connectivity index (χ4v) is 3.14. The van der Waals surface area contributed by atoms with Crippen molar-refractivity contribution in [2.75, 3.05) is 0 Å². The molecule has 0 saturated carbocycles. The van der Waals surface area contributed by atoms with Gasteiger partial charge in [-0.25, -0.2) is 0 Å². The minimum absolute atomic E-state index is 0.624. The second-order valence-electron chi connectivity index (χ2n) is 4.83. The first-order valence-electron chi connectivity index (χ1n) is 6.57. The van der Waals surface area contributed by atoms with E-state index >= 15 is 0 Å². The van der Waals surface area contributed by atoms with E-state index < -0.39 is 0 Å². The highest BCUT2D eigenvalue weighted by atomic mass is 14.2. The number of allylic oxidation sites excluding steroid dienone is 1. The van der Waals surface area contributed by atoms with E-state index in [4.69, 9.17) is 0 Å². The Balaban J connectivity index is 2.37. The van der Waals surface area contributed by atoms with Gasteiger partial charge in [0, 0.05) is 5.92 Å². The van der Waals surface area contributed by atoms with Crippen molar-refractivity contribution in [3.8, 4) is 0 Å². The van der Waals surface area contributed by atoms with Gasteiger partial charge in [-0.05, 0) is 34.7 Å². The number of hydrogen-bond acceptors (Lipinski definition) is 0. The average molecular weight is 222 g/mol. The van der Waals surface area contributed by atoms with Crippen molar-refractivity contribution in [1.82, 2.24) is 0 Å². The van der Waals surface area contributed by atoms with Gasteiger partial charge in [-0.3, -0.25) is 0 Å². The van der Waals surface area contributed by atoms with Crippen molar-refractivity contribution in [2.45, 2.75) is 32.6 Å². The van der Waals surface area contributed by atoms with Crippen molar-refractivity contribution >= 4 is 16.8 Å². The Labute approximate surface area is 103 Å². The summed E-state index contributed by atoms with van der Waals surface area (Å²) >= 11 is 0. The highest BCUT2D eigenvalue weighted by Crippen LogP contribution is 2.41. The van der Waals surface area contributed by atoms with Crippen LogP contribution < -0.4 is 0 Å². The predicted octanol–water partition coefficient (Wildman–Crippen LogP) is 5.14. The zero-order chi connectivity index (χ0) is 11.8. The molecular formula is C17H18. The molecule has 1 atom stereocenters. The molecule has 0 aliphatic heterocycles. The zero-order valence-corrected chi connectivity index (χ0v) is 10.5. The van der Waals surface area contributed by atoms with Gasteiger partial charge in [0.25, 0.3) is 0 Å². The lowest BCUT2D eigenvalue weighted by Gasteiger charge is -2.26. The van der Waals surface area contributed by atoms with E-state index in [1.54, 1.807) is 5.57 Å².